The Morgan fingerprint density at radius 3 is 2.29 bits per heavy atom. The Morgan fingerprint density at radius 2 is 1.58 bits per heavy atom. The van der Waals surface area contributed by atoms with Gasteiger partial charge in [0.05, 0.1) is 22.5 Å². The Bertz CT molecular complexity index is 1200. The van der Waals surface area contributed by atoms with E-state index in [4.69, 9.17) is 4.84 Å². The number of carbonyl (C=O) groups excluding carboxylic acids is 3. The lowest BCUT2D eigenvalue weighted by atomic mass is 10.0. The van der Waals surface area contributed by atoms with Crippen LogP contribution in [0.1, 0.15) is 32.7 Å². The Hall–Kier alpha value is -4.26. The van der Waals surface area contributed by atoms with Crippen LogP contribution in [0.25, 0.3) is 0 Å². The highest BCUT2D eigenvalue weighted by molar-refractivity contribution is 6.34. The molecule has 3 aromatic rings. The van der Waals surface area contributed by atoms with Gasteiger partial charge >= 0.3 is 0 Å². The molecule has 5 rings (SSSR count). The van der Waals surface area contributed by atoms with Gasteiger partial charge in [0, 0.05) is 12.1 Å². The van der Waals surface area contributed by atoms with Crippen LogP contribution >= 0.6 is 0 Å². The quantitative estimate of drug-likeness (QED) is 0.664. The van der Waals surface area contributed by atoms with Gasteiger partial charge in [0.2, 0.25) is 6.10 Å². The number of nitrogens with zero attached hydrogens (tertiary/aromatic N) is 2. The number of carbonyl (C=O) groups is 3. The lowest BCUT2D eigenvalue weighted by Crippen LogP contribution is -2.30. The topological polar surface area (TPSA) is 88.1 Å². The molecule has 0 radical (unpaired) electrons. The number of imide groups is 1. The molecule has 0 fully saturated rings. The fourth-order valence-corrected chi connectivity index (χ4v) is 3.69. The summed E-state index contributed by atoms with van der Waals surface area (Å²) in [5, 5.41) is 6.82. The Labute approximate surface area is 177 Å². The third kappa shape index (κ3) is 3.36. The van der Waals surface area contributed by atoms with Gasteiger partial charge in [0.15, 0.2) is 0 Å². The molecule has 1 N–H and O–H groups in total. The van der Waals surface area contributed by atoms with E-state index >= 15 is 0 Å². The average molecular weight is 411 g/mol. The van der Waals surface area contributed by atoms with Gasteiger partial charge in [-0.1, -0.05) is 53.7 Å². The third-order valence-electron chi connectivity index (χ3n) is 5.23. The van der Waals surface area contributed by atoms with Crippen molar-refractivity contribution in [1.29, 1.82) is 0 Å². The number of oxime groups is 1. The molecule has 2 aliphatic heterocycles. The zero-order valence-corrected chi connectivity index (χ0v) is 16.3. The number of amides is 3. The molecule has 7 heteroatoms. The monoisotopic (exact) mass is 411 g/mol. The Balaban J connectivity index is 1.30. The zero-order chi connectivity index (χ0) is 21.4. The van der Waals surface area contributed by atoms with Crippen LogP contribution in [0.15, 0.2) is 84.0 Å². The summed E-state index contributed by atoms with van der Waals surface area (Å²) in [5.74, 6) is -1.12. The standard InChI is InChI=1S/C24H17N3O4/c28-22(21-14-20(26-31-21)15-7-2-1-3-8-15)25-16-9-6-10-17(13-16)27-23(29)18-11-4-5-12-19(18)24(27)30/h1-13,21H,14H2,(H,25,28). The second-order valence-corrected chi connectivity index (χ2v) is 7.23. The first-order chi connectivity index (χ1) is 15.1. The van der Waals surface area contributed by atoms with Crippen LogP contribution < -0.4 is 10.2 Å². The first-order valence-corrected chi connectivity index (χ1v) is 9.78. The van der Waals surface area contributed by atoms with E-state index in [-0.39, 0.29) is 17.7 Å². The van der Waals surface area contributed by atoms with Crippen molar-refractivity contribution in [2.75, 3.05) is 10.2 Å². The van der Waals surface area contributed by atoms with Gasteiger partial charge in [0.1, 0.15) is 0 Å². The summed E-state index contributed by atoms with van der Waals surface area (Å²) < 4.78 is 0. The van der Waals surface area contributed by atoms with Crippen LogP contribution in [0.4, 0.5) is 11.4 Å². The number of hydrogen-bond donors (Lipinski definition) is 1. The molecule has 7 nitrogen and oxygen atoms in total. The number of benzene rings is 3. The van der Waals surface area contributed by atoms with Crippen LogP contribution in [0.2, 0.25) is 0 Å². The van der Waals surface area contributed by atoms with E-state index in [1.54, 1.807) is 48.5 Å². The first-order valence-electron chi connectivity index (χ1n) is 9.78. The largest absolute Gasteiger partial charge is 0.382 e. The summed E-state index contributed by atoms with van der Waals surface area (Å²) in [6, 6.07) is 22.8. The predicted octanol–water partition coefficient (Wildman–Crippen LogP) is 3.62. The van der Waals surface area contributed by atoms with Crippen molar-refractivity contribution >= 4 is 34.8 Å². The van der Waals surface area contributed by atoms with E-state index < -0.39 is 6.10 Å². The highest BCUT2D eigenvalue weighted by Gasteiger charge is 2.36. The van der Waals surface area contributed by atoms with E-state index in [0.29, 0.717) is 34.6 Å². The van der Waals surface area contributed by atoms with E-state index in [0.717, 1.165) is 10.5 Å². The number of anilines is 2. The molecule has 0 spiro atoms. The minimum absolute atomic E-state index is 0.353. The smallest absolute Gasteiger partial charge is 0.268 e. The first kappa shape index (κ1) is 18.7. The van der Waals surface area contributed by atoms with Crippen molar-refractivity contribution in [3.8, 4) is 0 Å². The SMILES string of the molecule is O=C(Nc1cccc(N2C(=O)c3ccccc3C2=O)c1)C1CC(c2ccccc2)=NO1. The summed E-state index contributed by atoms with van der Waals surface area (Å²) >= 11 is 0. The fraction of sp³-hybridized carbons (Fsp3) is 0.0833. The van der Waals surface area contributed by atoms with E-state index in [1.165, 1.54) is 0 Å². The molecule has 0 saturated heterocycles. The molecule has 0 saturated carbocycles. The number of hydrogen-bond acceptors (Lipinski definition) is 5. The normalized spacial score (nSPS) is 17.2. The maximum Gasteiger partial charge on any atom is 0.268 e. The van der Waals surface area contributed by atoms with E-state index in [9.17, 15) is 14.4 Å². The molecule has 1 atom stereocenters. The van der Waals surface area contributed by atoms with Crippen molar-refractivity contribution in [3.05, 3.63) is 95.6 Å². The highest BCUT2D eigenvalue weighted by Crippen LogP contribution is 2.30. The summed E-state index contributed by atoms with van der Waals surface area (Å²) in [5.41, 5.74) is 3.19. The van der Waals surface area contributed by atoms with Gasteiger partial charge in [-0.3, -0.25) is 14.4 Å². The Kier molecular flexibility index (Phi) is 4.55. The van der Waals surface area contributed by atoms with E-state index in [2.05, 4.69) is 10.5 Å². The van der Waals surface area contributed by atoms with Crippen molar-refractivity contribution < 1.29 is 19.2 Å². The van der Waals surface area contributed by atoms with Crippen LogP contribution in [0.5, 0.6) is 0 Å². The summed E-state index contributed by atoms with van der Waals surface area (Å²) in [6.45, 7) is 0. The van der Waals surface area contributed by atoms with Gasteiger partial charge in [-0.05, 0) is 35.9 Å². The van der Waals surface area contributed by atoms with Gasteiger partial charge in [-0.15, -0.1) is 0 Å². The zero-order valence-electron chi connectivity index (χ0n) is 16.3. The fourth-order valence-electron chi connectivity index (χ4n) is 3.69. The Morgan fingerprint density at radius 1 is 0.903 bits per heavy atom. The number of rotatable bonds is 4. The molecule has 0 bridgehead atoms. The lowest BCUT2D eigenvalue weighted by Gasteiger charge is -2.16. The van der Waals surface area contributed by atoms with Gasteiger partial charge in [0.25, 0.3) is 17.7 Å². The van der Waals surface area contributed by atoms with Crippen molar-refractivity contribution in [3.63, 3.8) is 0 Å². The van der Waals surface area contributed by atoms with Crippen LogP contribution in [0, 0.1) is 0 Å². The predicted molar refractivity (Wildman–Crippen MR) is 115 cm³/mol. The third-order valence-corrected chi connectivity index (χ3v) is 5.23. The van der Waals surface area contributed by atoms with Gasteiger partial charge < -0.3 is 10.2 Å². The molecular weight excluding hydrogens is 394 g/mol. The molecule has 3 aromatic carbocycles. The molecular formula is C24H17N3O4. The van der Waals surface area contributed by atoms with E-state index in [1.807, 2.05) is 30.3 Å². The summed E-state index contributed by atoms with van der Waals surface area (Å²) in [6.07, 6.45) is -0.397. The van der Waals surface area contributed by atoms with Crippen molar-refractivity contribution in [1.82, 2.24) is 0 Å². The van der Waals surface area contributed by atoms with Crippen LogP contribution in [-0.2, 0) is 9.63 Å². The molecule has 0 aliphatic carbocycles. The maximum atomic E-state index is 12.7. The lowest BCUT2D eigenvalue weighted by molar-refractivity contribution is -0.125. The highest BCUT2D eigenvalue weighted by atomic mass is 16.6. The molecule has 3 amide bonds. The number of fused-ring (bicyclic) bond motifs is 1. The molecule has 2 aliphatic rings. The van der Waals surface area contributed by atoms with Gasteiger partial charge in [-0.25, -0.2) is 4.90 Å². The second-order valence-electron chi connectivity index (χ2n) is 7.23. The maximum absolute atomic E-state index is 12.7. The molecule has 31 heavy (non-hydrogen) atoms. The van der Waals surface area contributed by atoms with Gasteiger partial charge in [-0.2, -0.15) is 0 Å². The second kappa shape index (κ2) is 7.53. The van der Waals surface area contributed by atoms with Crippen LogP contribution in [0.3, 0.4) is 0 Å². The minimum Gasteiger partial charge on any atom is -0.382 e. The molecule has 0 aromatic heterocycles. The van der Waals surface area contributed by atoms with Crippen LogP contribution in [-0.4, -0.2) is 29.5 Å². The van der Waals surface area contributed by atoms with Crippen molar-refractivity contribution in [2.45, 2.75) is 12.5 Å². The summed E-state index contributed by atoms with van der Waals surface area (Å²) in [4.78, 5) is 44.5. The molecule has 2 heterocycles. The van der Waals surface area contributed by atoms with Crippen molar-refractivity contribution in [2.24, 2.45) is 5.16 Å². The summed E-state index contributed by atoms with van der Waals surface area (Å²) in [7, 11) is 0. The average Bonchev–Trinajstić information content (AvgIpc) is 3.39. The number of nitrogens with one attached hydrogen (secondary N) is 1. The minimum atomic E-state index is -0.752. The molecule has 1 unspecified atom stereocenters. The molecule has 152 valence electrons.